The maximum Gasteiger partial charge on any atom is 0.294 e. The van der Waals surface area contributed by atoms with Crippen LogP contribution in [0.25, 0.3) is 16.9 Å². The van der Waals surface area contributed by atoms with Crippen molar-refractivity contribution in [2.45, 2.75) is 23.8 Å². The number of sulfone groups is 1. The van der Waals surface area contributed by atoms with Gasteiger partial charge in [0, 0.05) is 11.8 Å². The molecule has 3 rings (SSSR count). The van der Waals surface area contributed by atoms with Crippen LogP contribution in [0.2, 0.25) is 0 Å². The van der Waals surface area contributed by atoms with Crippen LogP contribution in [0, 0.1) is 26.4 Å². The molecule has 1 unspecified atom stereocenters. The zero-order valence-corrected chi connectivity index (χ0v) is 18.3. The number of nitroso groups, excluding NO2 is 1. The fourth-order valence-corrected chi connectivity index (χ4v) is 3.82. The van der Waals surface area contributed by atoms with Crippen LogP contribution in [-0.2, 0) is 14.7 Å². The Hall–Kier alpha value is -4.11. The molecule has 0 radical (unpaired) electrons. The Labute approximate surface area is 189 Å². The van der Waals surface area contributed by atoms with Crippen molar-refractivity contribution in [1.29, 1.82) is 5.26 Å². The molecule has 12 heteroatoms. The summed E-state index contributed by atoms with van der Waals surface area (Å²) in [7, 11) is -3.37. The lowest BCUT2D eigenvalue weighted by atomic mass is 10.1. The second-order valence-corrected chi connectivity index (χ2v) is 9.16. The standard InChI is InChI=1S/C21H19N5O6S/c1-33(30,31)18-10-6-16(7-11-18)21-13-20(19(24-27)3-2-12-32-26(28)29)23-25(21)17-8-4-15(14-22)5-9-17/h4-11,13,19H,2-3,12H2,1H3. The molecule has 0 aliphatic heterocycles. The van der Waals surface area contributed by atoms with Gasteiger partial charge in [0.05, 0.1) is 40.2 Å². The van der Waals surface area contributed by atoms with Crippen molar-refractivity contribution < 1.29 is 18.3 Å². The van der Waals surface area contributed by atoms with Crippen LogP contribution in [-0.4, -0.2) is 36.1 Å². The van der Waals surface area contributed by atoms with E-state index in [0.29, 0.717) is 28.2 Å². The quantitative estimate of drug-likeness (QED) is 0.188. The molecule has 0 aliphatic carbocycles. The molecule has 1 atom stereocenters. The van der Waals surface area contributed by atoms with Crippen LogP contribution in [0.1, 0.15) is 30.1 Å². The normalized spacial score (nSPS) is 12.0. The van der Waals surface area contributed by atoms with Gasteiger partial charge in [0.1, 0.15) is 6.04 Å². The summed E-state index contributed by atoms with van der Waals surface area (Å²) in [5, 5.41) is 26.1. The molecular formula is C21H19N5O6S. The molecule has 0 aliphatic rings. The Bertz CT molecular complexity index is 1290. The van der Waals surface area contributed by atoms with Crippen molar-refractivity contribution in [2.24, 2.45) is 5.18 Å². The van der Waals surface area contributed by atoms with Gasteiger partial charge in [-0.15, -0.1) is 10.1 Å². The number of hydrogen-bond donors (Lipinski definition) is 0. The second kappa shape index (κ2) is 10.0. The summed E-state index contributed by atoms with van der Waals surface area (Å²) in [5.74, 6) is 0. The van der Waals surface area contributed by atoms with Gasteiger partial charge in [0.25, 0.3) is 5.09 Å². The van der Waals surface area contributed by atoms with Crippen LogP contribution in [0.3, 0.4) is 0 Å². The zero-order chi connectivity index (χ0) is 24.0. The van der Waals surface area contributed by atoms with E-state index in [1.165, 1.54) is 12.1 Å². The molecule has 0 fully saturated rings. The highest BCUT2D eigenvalue weighted by Crippen LogP contribution is 2.30. The van der Waals surface area contributed by atoms with E-state index < -0.39 is 21.0 Å². The van der Waals surface area contributed by atoms with Crippen molar-refractivity contribution in [3.63, 3.8) is 0 Å². The molecule has 2 aromatic carbocycles. The summed E-state index contributed by atoms with van der Waals surface area (Å²) >= 11 is 0. The molecular weight excluding hydrogens is 450 g/mol. The van der Waals surface area contributed by atoms with E-state index in [1.54, 1.807) is 47.1 Å². The first kappa shape index (κ1) is 23.6. The molecule has 0 saturated carbocycles. The number of hydrogen-bond acceptors (Lipinski definition) is 9. The number of nitriles is 1. The summed E-state index contributed by atoms with van der Waals surface area (Å²) in [6.45, 7) is -0.171. The number of rotatable bonds is 10. The van der Waals surface area contributed by atoms with Gasteiger partial charge < -0.3 is 4.84 Å². The monoisotopic (exact) mass is 469 g/mol. The van der Waals surface area contributed by atoms with Crippen LogP contribution < -0.4 is 0 Å². The molecule has 3 aromatic rings. The highest BCUT2D eigenvalue weighted by Gasteiger charge is 2.20. The first-order valence-corrected chi connectivity index (χ1v) is 11.6. The molecule has 11 nitrogen and oxygen atoms in total. The average molecular weight is 469 g/mol. The van der Waals surface area contributed by atoms with E-state index in [9.17, 15) is 23.4 Å². The van der Waals surface area contributed by atoms with E-state index in [2.05, 4.69) is 15.1 Å². The molecule has 0 spiro atoms. The molecule has 1 aromatic heterocycles. The lowest BCUT2D eigenvalue weighted by Crippen LogP contribution is -2.05. The highest BCUT2D eigenvalue weighted by atomic mass is 32.2. The highest BCUT2D eigenvalue weighted by molar-refractivity contribution is 7.90. The van der Waals surface area contributed by atoms with Crippen LogP contribution in [0.5, 0.6) is 0 Å². The largest absolute Gasteiger partial charge is 0.314 e. The Kier molecular flexibility index (Phi) is 7.14. The van der Waals surface area contributed by atoms with Crippen LogP contribution in [0.15, 0.2) is 64.7 Å². The number of benzene rings is 2. The summed E-state index contributed by atoms with van der Waals surface area (Å²) in [6, 6.07) is 15.7. The third-order valence-corrected chi connectivity index (χ3v) is 5.96. The van der Waals surface area contributed by atoms with Gasteiger partial charge in [-0.05, 0) is 55.3 Å². The van der Waals surface area contributed by atoms with Gasteiger partial charge in [-0.1, -0.05) is 17.3 Å². The van der Waals surface area contributed by atoms with E-state index in [-0.39, 0.29) is 24.3 Å². The van der Waals surface area contributed by atoms with Crippen molar-refractivity contribution >= 4 is 9.84 Å². The van der Waals surface area contributed by atoms with Gasteiger partial charge in [-0.3, -0.25) is 0 Å². The first-order valence-electron chi connectivity index (χ1n) is 9.73. The van der Waals surface area contributed by atoms with E-state index >= 15 is 0 Å². The summed E-state index contributed by atoms with van der Waals surface area (Å²) in [5.41, 5.74) is 2.64. The average Bonchev–Trinajstić information content (AvgIpc) is 3.23. The third kappa shape index (κ3) is 5.78. The Balaban J connectivity index is 2.00. The van der Waals surface area contributed by atoms with Crippen LogP contribution in [0.4, 0.5) is 0 Å². The summed E-state index contributed by atoms with van der Waals surface area (Å²) < 4.78 is 25.1. The maximum absolute atomic E-state index is 11.8. The number of nitrogens with zero attached hydrogens (tertiary/aromatic N) is 5. The van der Waals surface area contributed by atoms with E-state index in [1.807, 2.05) is 6.07 Å². The maximum atomic E-state index is 11.8. The SMILES string of the molecule is CS(=O)(=O)c1ccc(-c2cc(C(CCCO[N+](=O)[O-])N=O)nn2-c2ccc(C#N)cc2)cc1. The van der Waals surface area contributed by atoms with Crippen molar-refractivity contribution in [2.75, 3.05) is 12.9 Å². The smallest absolute Gasteiger partial charge is 0.294 e. The minimum Gasteiger partial charge on any atom is -0.314 e. The molecule has 33 heavy (non-hydrogen) atoms. The van der Waals surface area contributed by atoms with Crippen molar-refractivity contribution in [3.05, 3.63) is 80.9 Å². The van der Waals surface area contributed by atoms with Gasteiger partial charge >= 0.3 is 0 Å². The molecule has 0 N–H and O–H groups in total. The summed E-state index contributed by atoms with van der Waals surface area (Å²) in [4.78, 5) is 26.2. The zero-order valence-electron chi connectivity index (χ0n) is 17.5. The Morgan fingerprint density at radius 2 is 1.88 bits per heavy atom. The lowest BCUT2D eigenvalue weighted by molar-refractivity contribution is -0.757. The Morgan fingerprint density at radius 1 is 1.21 bits per heavy atom. The van der Waals surface area contributed by atoms with Gasteiger partial charge in [0.15, 0.2) is 9.84 Å². The third-order valence-electron chi connectivity index (χ3n) is 4.83. The van der Waals surface area contributed by atoms with Gasteiger partial charge in [-0.2, -0.15) is 15.3 Å². The molecule has 1 heterocycles. The summed E-state index contributed by atoms with van der Waals surface area (Å²) in [6.07, 6.45) is 1.53. The first-order chi connectivity index (χ1) is 15.7. The fourth-order valence-electron chi connectivity index (χ4n) is 3.19. The molecule has 0 bridgehead atoms. The van der Waals surface area contributed by atoms with Gasteiger partial charge in [-0.25, -0.2) is 13.1 Å². The van der Waals surface area contributed by atoms with Gasteiger partial charge in [0.2, 0.25) is 0 Å². The van der Waals surface area contributed by atoms with Crippen molar-refractivity contribution in [1.82, 2.24) is 9.78 Å². The molecule has 0 saturated heterocycles. The lowest BCUT2D eigenvalue weighted by Gasteiger charge is -2.08. The second-order valence-electron chi connectivity index (χ2n) is 7.14. The van der Waals surface area contributed by atoms with Crippen molar-refractivity contribution in [3.8, 4) is 23.0 Å². The van der Waals surface area contributed by atoms with Crippen LogP contribution >= 0.6 is 0 Å². The number of aromatic nitrogens is 2. The predicted molar refractivity (Wildman–Crippen MR) is 118 cm³/mol. The Morgan fingerprint density at radius 3 is 2.42 bits per heavy atom. The molecule has 0 amide bonds. The fraction of sp³-hybridized carbons (Fsp3) is 0.238. The van der Waals surface area contributed by atoms with E-state index in [4.69, 9.17) is 5.26 Å². The minimum absolute atomic E-state index is 0.161. The molecule has 170 valence electrons. The van der Waals surface area contributed by atoms with E-state index in [0.717, 1.165) is 6.26 Å². The predicted octanol–water partition coefficient (Wildman–Crippen LogP) is 3.61. The topological polar surface area (TPSA) is 158 Å². The minimum atomic E-state index is -3.37.